The van der Waals surface area contributed by atoms with Crippen molar-refractivity contribution in [2.24, 2.45) is 23.1 Å². The molecular formula is C40H66N12O21P2. The molecule has 3 fully saturated rings. The Hall–Kier alpha value is -6.18. The maximum Gasteiger partial charge on any atom is 0.469 e. The number of nitrogens with one attached hydrogen (secondary N) is 6. The van der Waals surface area contributed by atoms with Crippen LogP contribution >= 0.6 is 15.6 Å². The van der Waals surface area contributed by atoms with Gasteiger partial charge in [-0.05, 0) is 57.8 Å². The van der Waals surface area contributed by atoms with Crippen LogP contribution in [0, 0.1) is 5.92 Å². The molecule has 9 atom stereocenters. The molecule has 35 heteroatoms. The Bertz CT molecular complexity index is 2280. The summed E-state index contributed by atoms with van der Waals surface area (Å²) in [5.41, 5.74) is 16.2. The number of nitrogens with zero attached hydrogens (tertiary/aromatic N) is 3. The van der Waals surface area contributed by atoms with E-state index < -0.39 is 179 Å². The van der Waals surface area contributed by atoms with Crippen LogP contribution in [0.5, 0.6) is 0 Å². The first kappa shape index (κ1) is 63.1. The summed E-state index contributed by atoms with van der Waals surface area (Å²) in [7, 11) is -10.6. The van der Waals surface area contributed by atoms with Gasteiger partial charge < -0.3 is 88.5 Å². The van der Waals surface area contributed by atoms with Gasteiger partial charge in [-0.1, -0.05) is 13.8 Å². The predicted octanol–water partition coefficient (Wildman–Crippen LogP) is -7.05. The van der Waals surface area contributed by atoms with Crippen LogP contribution in [0.25, 0.3) is 0 Å². The quantitative estimate of drug-likeness (QED) is 0.0324. The monoisotopic (exact) mass is 1110 g/mol. The maximum absolute atomic E-state index is 14.2. The molecule has 3 rings (SSSR count). The lowest BCUT2D eigenvalue weighted by Gasteiger charge is -2.32. The number of primary amides is 2. The van der Waals surface area contributed by atoms with Crippen LogP contribution < -0.4 is 49.1 Å². The number of nitrogens with two attached hydrogens (primary N) is 3. The third-order valence-corrected chi connectivity index (χ3v) is 12.8. The molecule has 0 bridgehead atoms. The fourth-order valence-electron chi connectivity index (χ4n) is 8.36. The van der Waals surface area contributed by atoms with Crippen molar-refractivity contribution in [1.82, 2.24) is 46.6 Å². The van der Waals surface area contributed by atoms with Gasteiger partial charge in [0.2, 0.25) is 65.0 Å². The van der Waals surface area contributed by atoms with E-state index in [0.717, 1.165) is 14.7 Å². The summed E-state index contributed by atoms with van der Waals surface area (Å²) in [5.74, 6) is -13.4. The van der Waals surface area contributed by atoms with Crippen LogP contribution in [-0.2, 0) is 75.7 Å². The van der Waals surface area contributed by atoms with Gasteiger partial charge in [-0.15, -0.1) is 0 Å². The number of rotatable bonds is 28. The Morgan fingerprint density at radius 1 is 0.560 bits per heavy atom. The van der Waals surface area contributed by atoms with Crippen LogP contribution in [0.3, 0.4) is 0 Å². The van der Waals surface area contributed by atoms with Crippen molar-refractivity contribution in [1.29, 1.82) is 0 Å². The average molecular weight is 1110 g/mol. The Morgan fingerprint density at radius 3 is 1.37 bits per heavy atom. The molecule has 75 heavy (non-hydrogen) atoms. The topological polar surface area (TPSA) is 519 Å². The van der Waals surface area contributed by atoms with Crippen LogP contribution in [-0.4, -0.2) is 204 Å². The lowest BCUT2D eigenvalue weighted by molar-refractivity contribution is -0.150. The molecule has 0 aromatic carbocycles. The van der Waals surface area contributed by atoms with Crippen molar-refractivity contribution in [3.05, 3.63) is 0 Å². The molecule has 0 unspecified atom stereocenters. The second-order valence-corrected chi connectivity index (χ2v) is 20.8. The number of aliphatic carboxylic acids is 1. The molecule has 0 aliphatic carbocycles. The lowest BCUT2D eigenvalue weighted by Crippen LogP contribution is -2.61. The summed E-state index contributed by atoms with van der Waals surface area (Å²) in [6.45, 7) is 1.08. The molecule has 3 aliphatic rings. The molecule has 3 heterocycles. The number of carboxylic acids is 1. The largest absolute Gasteiger partial charge is 0.480 e. The summed E-state index contributed by atoms with van der Waals surface area (Å²) in [5, 5.41) is 23.2. The van der Waals surface area contributed by atoms with Crippen LogP contribution in [0.1, 0.15) is 78.6 Å². The van der Waals surface area contributed by atoms with E-state index in [2.05, 4.69) is 40.9 Å². The molecule has 0 aromatic heterocycles. The minimum atomic E-state index is -5.38. The highest BCUT2D eigenvalue weighted by Crippen LogP contribution is 2.37. The second kappa shape index (κ2) is 28.1. The number of likely N-dealkylation sites (tertiary alicyclic amines) is 3. The Kier molecular flexibility index (Phi) is 23.6. The number of phosphoric ester groups is 2. The van der Waals surface area contributed by atoms with E-state index in [1.54, 1.807) is 13.8 Å². The molecule has 33 nitrogen and oxygen atoms in total. The Balaban J connectivity index is 1.85. The lowest BCUT2D eigenvalue weighted by atomic mass is 10.0. The van der Waals surface area contributed by atoms with Gasteiger partial charge in [-0.25, -0.2) is 13.9 Å². The van der Waals surface area contributed by atoms with E-state index in [4.69, 9.17) is 17.2 Å². The van der Waals surface area contributed by atoms with Gasteiger partial charge in [0.1, 0.15) is 48.3 Å². The molecule has 422 valence electrons. The summed E-state index contributed by atoms with van der Waals surface area (Å²) in [6.07, 6.45) is -1.38. The zero-order chi connectivity index (χ0) is 56.7. The molecule has 0 aromatic rings. The fourth-order valence-corrected chi connectivity index (χ4v) is 9.04. The number of carboxylic acid groups (broad SMARTS) is 1. The maximum atomic E-state index is 14.2. The van der Waals surface area contributed by atoms with Gasteiger partial charge in [-0.3, -0.25) is 61.8 Å². The van der Waals surface area contributed by atoms with Crippen molar-refractivity contribution in [2.75, 3.05) is 39.4 Å². The molecule has 3 aliphatic heterocycles. The Labute approximate surface area is 428 Å². The van der Waals surface area contributed by atoms with E-state index >= 15 is 0 Å². The smallest absolute Gasteiger partial charge is 0.469 e. The number of hydrogen-bond donors (Lipinski definition) is 14. The Morgan fingerprint density at radius 2 is 0.947 bits per heavy atom. The van der Waals surface area contributed by atoms with E-state index in [1.807, 2.05) is 0 Å². The van der Waals surface area contributed by atoms with E-state index in [-0.39, 0.29) is 58.2 Å². The molecular weight excluding hydrogens is 1050 g/mol. The van der Waals surface area contributed by atoms with Gasteiger partial charge >= 0.3 is 21.6 Å². The van der Waals surface area contributed by atoms with Crippen molar-refractivity contribution in [3.63, 3.8) is 0 Å². The van der Waals surface area contributed by atoms with Gasteiger partial charge in [0, 0.05) is 19.6 Å². The summed E-state index contributed by atoms with van der Waals surface area (Å²) < 4.78 is 32.4. The normalized spacial score (nSPS) is 20.2. The minimum Gasteiger partial charge on any atom is -0.480 e. The minimum absolute atomic E-state index is 0.00884. The number of hydrogen-bond acceptors (Lipinski definition) is 17. The van der Waals surface area contributed by atoms with Gasteiger partial charge in [0.25, 0.3) is 0 Å². The van der Waals surface area contributed by atoms with Crippen LogP contribution in [0.2, 0.25) is 0 Å². The first-order valence-electron chi connectivity index (χ1n) is 23.4. The molecule has 11 amide bonds. The third-order valence-electron chi connectivity index (χ3n) is 11.8. The first-order chi connectivity index (χ1) is 34.8. The van der Waals surface area contributed by atoms with E-state index in [0.29, 0.717) is 6.42 Å². The zero-order valence-corrected chi connectivity index (χ0v) is 42.9. The predicted molar refractivity (Wildman–Crippen MR) is 251 cm³/mol. The standard InChI is InChI=1S/C40H66N12O21P2/c1-19(2)13-21(46-34(58)22(14-29(42)53)47-35(59)26-7-4-10-50(26)38(62)24(17-72-74(66,67)68)45-31(55)16-44-32(56)20(3)41)33(57)49-25(18-73-75(69,70)71)39(63)51-11-5-8-27(51)36(60)48-23(15-30(43)54)37(61)52-12-6-9-28(52)40(64)65/h19-28H,4-18,41H2,1-3H3,(H2,42,53)(H2,43,54)(H,44,56)(H,45,55)(H,46,58)(H,47,59)(H,48,60)(H,49,57)(H,64,65)(H2,66,67,68)(H2,69,70,71)/t20-,21-,22-,23-,24-,25-,26-,27-,28-/m0/s1. The zero-order valence-electron chi connectivity index (χ0n) is 41.1. The average Bonchev–Trinajstić information content (AvgIpc) is 4.11. The van der Waals surface area contributed by atoms with Gasteiger partial charge in [0.15, 0.2) is 0 Å². The van der Waals surface area contributed by atoms with Crippen LogP contribution in [0.4, 0.5) is 0 Å². The first-order valence-corrected chi connectivity index (χ1v) is 26.5. The van der Waals surface area contributed by atoms with E-state index in [9.17, 15) is 91.3 Å². The van der Waals surface area contributed by atoms with Crippen molar-refractivity contribution < 1.29 is 100 Å². The highest BCUT2D eigenvalue weighted by Gasteiger charge is 2.44. The summed E-state index contributed by atoms with van der Waals surface area (Å²) in [6, 6.07) is -14.2. The molecule has 0 radical (unpaired) electrons. The van der Waals surface area contributed by atoms with Crippen molar-refractivity contribution in [3.8, 4) is 0 Å². The number of carbonyl (C=O) groups excluding carboxylic acids is 11. The van der Waals surface area contributed by atoms with Gasteiger partial charge in [0.05, 0.1) is 38.6 Å². The summed E-state index contributed by atoms with van der Waals surface area (Å²) >= 11 is 0. The summed E-state index contributed by atoms with van der Waals surface area (Å²) in [4.78, 5) is 198. The molecule has 17 N–H and O–H groups in total. The highest BCUT2D eigenvalue weighted by molar-refractivity contribution is 7.46. The van der Waals surface area contributed by atoms with Crippen molar-refractivity contribution in [2.45, 2.75) is 133 Å². The number of carbonyl (C=O) groups is 12. The van der Waals surface area contributed by atoms with Crippen LogP contribution in [0.15, 0.2) is 0 Å². The van der Waals surface area contributed by atoms with Gasteiger partial charge in [-0.2, -0.15) is 0 Å². The third kappa shape index (κ3) is 20.1. The SMILES string of the molecule is CC(C)C[C@H](NC(=O)[C@H](CC(N)=O)NC(=O)[C@@H]1CCCN1C(=O)[C@H](COP(=O)(O)O)NC(=O)CNC(=O)[C@H](C)N)C(=O)N[C@@H](COP(=O)(O)O)C(=O)N1CCC[C@H]1C(=O)N[C@@H](CC(N)=O)C(=O)N1CCC[C@H]1C(=O)O. The second-order valence-electron chi connectivity index (χ2n) is 18.3. The highest BCUT2D eigenvalue weighted by atomic mass is 31.2. The molecule has 3 saturated heterocycles. The molecule has 0 spiro atoms. The molecule has 0 saturated carbocycles. The number of amides is 11. The number of phosphoric acid groups is 2. The fraction of sp³-hybridized carbons (Fsp3) is 0.700. The van der Waals surface area contributed by atoms with Crippen molar-refractivity contribution >= 4 is 86.6 Å². The van der Waals surface area contributed by atoms with E-state index in [1.165, 1.54) is 6.92 Å².